The van der Waals surface area contributed by atoms with Crippen LogP contribution in [0.5, 0.6) is 11.5 Å². The van der Waals surface area contributed by atoms with Crippen molar-refractivity contribution in [3.63, 3.8) is 0 Å². The molecule has 0 radical (unpaired) electrons. The number of carbonyl (C=O) groups is 2. The summed E-state index contributed by atoms with van der Waals surface area (Å²) in [6.45, 7) is 5.28. The number of nitrogens with zero attached hydrogens (tertiary/aromatic N) is 2. The third-order valence-corrected chi connectivity index (χ3v) is 8.40. The van der Waals surface area contributed by atoms with Crippen LogP contribution in [0, 0.1) is 36.5 Å². The second-order valence-corrected chi connectivity index (χ2v) is 12.2. The fourth-order valence-corrected chi connectivity index (χ4v) is 5.67. The zero-order chi connectivity index (χ0) is 37.7. The molecule has 262 valence electrons. The van der Waals surface area contributed by atoms with E-state index >= 15 is 0 Å². The minimum Gasteiger partial charge on any atom is -0.426 e. The lowest BCUT2D eigenvalue weighted by molar-refractivity contribution is -0.144. The largest absolute Gasteiger partial charge is 0.426 e. The number of hydrogen-bond donors (Lipinski definition) is 2. The quantitative estimate of drug-likeness (QED) is 0.0866. The molecule has 0 amide bonds. The summed E-state index contributed by atoms with van der Waals surface area (Å²) in [5.74, 6) is -0.765. The Balaban J connectivity index is 0.00000129. The number of nitrogens with two attached hydrogens (primary N) is 2. The van der Waals surface area contributed by atoms with Crippen LogP contribution in [0.1, 0.15) is 28.7 Å². The molecule has 0 spiro atoms. The molecule has 0 bridgehead atoms. The number of aryl methyl sites for hydroxylation is 2. The van der Waals surface area contributed by atoms with E-state index in [-0.39, 0.29) is 0 Å². The van der Waals surface area contributed by atoms with Crippen molar-refractivity contribution in [1.29, 1.82) is 10.5 Å². The summed E-state index contributed by atoms with van der Waals surface area (Å²) in [6.07, 6.45) is -0.532. The Hall–Kier alpha value is -6.84. The maximum absolute atomic E-state index is 12.5. The Morgan fingerprint density at radius 3 is 1.11 bits per heavy atom. The van der Waals surface area contributed by atoms with E-state index in [9.17, 15) is 9.59 Å². The monoisotopic (exact) mass is 698 g/mol. The van der Waals surface area contributed by atoms with Gasteiger partial charge in [-0.3, -0.25) is 9.59 Å². The Labute approximate surface area is 309 Å². The molecule has 0 heterocycles. The second-order valence-electron chi connectivity index (χ2n) is 12.2. The third-order valence-electron chi connectivity index (χ3n) is 8.40. The van der Waals surface area contributed by atoms with Gasteiger partial charge in [-0.05, 0) is 118 Å². The molecular formula is C45H38N4O4. The number of rotatable bonds is 9. The molecule has 0 unspecified atom stereocenters. The molecule has 6 aromatic rings. The Morgan fingerprint density at radius 1 is 0.491 bits per heavy atom. The van der Waals surface area contributed by atoms with Gasteiger partial charge in [-0.25, -0.2) is 0 Å². The van der Waals surface area contributed by atoms with Gasteiger partial charge in [-0.2, -0.15) is 10.5 Å². The summed E-state index contributed by atoms with van der Waals surface area (Å²) in [6, 6.07) is 45.9. The summed E-state index contributed by atoms with van der Waals surface area (Å²) >= 11 is 0. The average molecular weight is 699 g/mol. The lowest BCUT2D eigenvalue weighted by Crippen LogP contribution is -2.18. The SMILES string of the molecule is Cc1cc(-c2ccc(OC(=O)CC(=O)Oc3ccc(-c4ccc(-c5ccc(C#N)cc5)c(C)c4)cc3)cc2)ccc1-c1ccc(C#N)cc1.NCCN. The van der Waals surface area contributed by atoms with Gasteiger partial charge in [-0.1, -0.05) is 84.9 Å². The van der Waals surface area contributed by atoms with Crippen molar-refractivity contribution in [3.05, 3.63) is 156 Å². The van der Waals surface area contributed by atoms with E-state index < -0.39 is 18.4 Å². The smallest absolute Gasteiger partial charge is 0.322 e. The first-order chi connectivity index (χ1) is 25.7. The minimum atomic E-state index is -0.713. The number of benzene rings is 6. The molecular weight excluding hydrogens is 661 g/mol. The highest BCUT2D eigenvalue weighted by atomic mass is 16.6. The van der Waals surface area contributed by atoms with Crippen LogP contribution in [0.25, 0.3) is 44.5 Å². The van der Waals surface area contributed by atoms with Crippen LogP contribution in [0.15, 0.2) is 133 Å². The highest BCUT2D eigenvalue weighted by Crippen LogP contribution is 2.31. The van der Waals surface area contributed by atoms with Crippen LogP contribution in [0.4, 0.5) is 0 Å². The van der Waals surface area contributed by atoms with Crippen LogP contribution < -0.4 is 20.9 Å². The first kappa shape index (κ1) is 37.4. The Bertz CT molecular complexity index is 2120. The number of hydrogen-bond acceptors (Lipinski definition) is 8. The van der Waals surface area contributed by atoms with Gasteiger partial charge in [-0.15, -0.1) is 0 Å². The lowest BCUT2D eigenvalue weighted by Gasteiger charge is -2.11. The average Bonchev–Trinajstić information content (AvgIpc) is 3.18. The summed E-state index contributed by atoms with van der Waals surface area (Å²) in [5, 5.41) is 18.1. The van der Waals surface area contributed by atoms with Crippen LogP contribution in [0.2, 0.25) is 0 Å². The highest BCUT2D eigenvalue weighted by molar-refractivity contribution is 5.93. The normalized spacial score (nSPS) is 10.2. The molecule has 53 heavy (non-hydrogen) atoms. The van der Waals surface area contributed by atoms with E-state index in [1.54, 1.807) is 24.3 Å². The van der Waals surface area contributed by atoms with Gasteiger partial charge in [0.15, 0.2) is 0 Å². The first-order valence-electron chi connectivity index (χ1n) is 17.0. The fraction of sp³-hybridized carbons (Fsp3) is 0.111. The summed E-state index contributed by atoms with van der Waals surface area (Å²) in [5.41, 5.74) is 21.4. The minimum absolute atomic E-state index is 0.331. The summed E-state index contributed by atoms with van der Waals surface area (Å²) < 4.78 is 10.8. The van der Waals surface area contributed by atoms with E-state index in [0.717, 1.165) is 55.6 Å². The lowest BCUT2D eigenvalue weighted by atomic mass is 9.95. The van der Waals surface area contributed by atoms with Crippen molar-refractivity contribution >= 4 is 11.9 Å². The van der Waals surface area contributed by atoms with Gasteiger partial charge in [0.1, 0.15) is 17.9 Å². The van der Waals surface area contributed by atoms with E-state index in [2.05, 4.69) is 36.4 Å². The van der Waals surface area contributed by atoms with Gasteiger partial charge < -0.3 is 20.9 Å². The van der Waals surface area contributed by atoms with Crippen LogP contribution in [0.3, 0.4) is 0 Å². The standard InChI is InChI=1S/C43H30N2O4.C2H8N2/c1-28-23-36(15-21-40(28)34-7-3-30(26-44)4-8-34)32-11-17-38(18-12-32)48-42(46)25-43(47)49-39-19-13-33(14-20-39)37-16-22-41(29(2)24-37)35-9-5-31(27-45)6-10-35;3-1-2-4/h3-24H,25H2,1-2H3;1-4H2. The second kappa shape index (κ2) is 17.9. The molecule has 8 heteroatoms. The molecule has 8 nitrogen and oxygen atoms in total. The maximum atomic E-state index is 12.5. The molecule has 0 aromatic heterocycles. The van der Waals surface area contributed by atoms with Gasteiger partial charge in [0.25, 0.3) is 0 Å². The zero-order valence-electron chi connectivity index (χ0n) is 29.5. The molecule has 4 N–H and O–H groups in total. The molecule has 6 rings (SSSR count). The number of ether oxygens (including phenoxy) is 2. The molecule has 0 atom stereocenters. The third kappa shape index (κ3) is 9.90. The topological polar surface area (TPSA) is 152 Å². The summed E-state index contributed by atoms with van der Waals surface area (Å²) in [7, 11) is 0. The molecule has 0 saturated heterocycles. The van der Waals surface area contributed by atoms with Crippen molar-refractivity contribution in [2.75, 3.05) is 13.1 Å². The van der Waals surface area contributed by atoms with E-state index in [4.69, 9.17) is 31.5 Å². The van der Waals surface area contributed by atoms with E-state index in [0.29, 0.717) is 35.7 Å². The van der Waals surface area contributed by atoms with Gasteiger partial charge in [0, 0.05) is 13.1 Å². The fourth-order valence-electron chi connectivity index (χ4n) is 5.67. The predicted molar refractivity (Wildman–Crippen MR) is 208 cm³/mol. The molecule has 0 aliphatic rings. The van der Waals surface area contributed by atoms with Crippen LogP contribution >= 0.6 is 0 Å². The van der Waals surface area contributed by atoms with Crippen molar-refractivity contribution in [3.8, 4) is 68.1 Å². The number of esters is 2. The molecule has 6 aromatic carbocycles. The molecule has 0 aliphatic carbocycles. The van der Waals surface area contributed by atoms with E-state index in [1.807, 2.05) is 98.8 Å². The Kier molecular flexibility index (Phi) is 12.6. The van der Waals surface area contributed by atoms with Crippen LogP contribution in [-0.2, 0) is 9.59 Å². The highest BCUT2D eigenvalue weighted by Gasteiger charge is 2.15. The van der Waals surface area contributed by atoms with Crippen LogP contribution in [-0.4, -0.2) is 25.0 Å². The Morgan fingerprint density at radius 2 is 0.811 bits per heavy atom. The summed E-state index contributed by atoms with van der Waals surface area (Å²) in [4.78, 5) is 25.0. The van der Waals surface area contributed by atoms with Gasteiger partial charge in [0.2, 0.25) is 0 Å². The molecule has 0 fully saturated rings. The van der Waals surface area contributed by atoms with E-state index in [1.165, 1.54) is 0 Å². The van der Waals surface area contributed by atoms with Crippen molar-refractivity contribution in [2.45, 2.75) is 20.3 Å². The van der Waals surface area contributed by atoms with Gasteiger partial charge >= 0.3 is 11.9 Å². The molecule has 0 aliphatic heterocycles. The van der Waals surface area contributed by atoms with Gasteiger partial charge in [0.05, 0.1) is 23.3 Å². The van der Waals surface area contributed by atoms with Crippen molar-refractivity contribution in [1.82, 2.24) is 0 Å². The van der Waals surface area contributed by atoms with Crippen molar-refractivity contribution in [2.24, 2.45) is 11.5 Å². The first-order valence-corrected chi connectivity index (χ1v) is 17.0. The molecule has 0 saturated carbocycles. The predicted octanol–water partition coefficient (Wildman–Crippen LogP) is 8.52. The number of carbonyl (C=O) groups excluding carboxylic acids is 2. The maximum Gasteiger partial charge on any atom is 0.322 e. The van der Waals surface area contributed by atoms with Crippen molar-refractivity contribution < 1.29 is 19.1 Å². The number of nitriles is 2. The zero-order valence-corrected chi connectivity index (χ0v) is 29.5.